The lowest BCUT2D eigenvalue weighted by atomic mass is 9.73. The topological polar surface area (TPSA) is 37.3 Å². The minimum atomic E-state index is -4.47. The van der Waals surface area contributed by atoms with Gasteiger partial charge in [-0.15, -0.1) is 0 Å². The van der Waals surface area contributed by atoms with Crippen molar-refractivity contribution < 1.29 is 23.1 Å². The van der Waals surface area contributed by atoms with Gasteiger partial charge in [0.15, 0.2) is 0 Å². The highest BCUT2D eigenvalue weighted by atomic mass is 19.4. The lowest BCUT2D eigenvalue weighted by Gasteiger charge is -2.35. The van der Waals surface area contributed by atoms with Crippen molar-refractivity contribution in [3.05, 3.63) is 53.6 Å². The van der Waals surface area contributed by atoms with Gasteiger partial charge in [0.05, 0.1) is 5.41 Å². The first kappa shape index (κ1) is 15.4. The third kappa shape index (κ3) is 2.73. The van der Waals surface area contributed by atoms with Gasteiger partial charge in [0.1, 0.15) is 0 Å². The van der Waals surface area contributed by atoms with E-state index in [2.05, 4.69) is 0 Å². The van der Waals surface area contributed by atoms with Crippen LogP contribution in [0.2, 0.25) is 0 Å². The average molecular weight is 296 g/mol. The summed E-state index contributed by atoms with van der Waals surface area (Å²) < 4.78 is 39.9. The second-order valence-electron chi connectivity index (χ2n) is 5.08. The molecular formula is C16H15F3O2. The molecule has 5 heteroatoms. The number of alkyl halides is 3. The molecule has 2 nitrogen and oxygen atoms in total. The quantitative estimate of drug-likeness (QED) is 0.895. The highest BCUT2D eigenvalue weighted by molar-refractivity contribution is 6.00. The molecule has 0 bridgehead atoms. The zero-order valence-corrected chi connectivity index (χ0v) is 11.4. The maximum Gasteiger partial charge on any atom is 0.398 e. The van der Waals surface area contributed by atoms with Crippen LogP contribution in [0.5, 0.6) is 0 Å². The Morgan fingerprint density at radius 1 is 1.29 bits per heavy atom. The van der Waals surface area contributed by atoms with E-state index in [1.54, 1.807) is 30.3 Å². The first-order valence-electron chi connectivity index (χ1n) is 6.58. The number of carboxylic acid groups (broad SMARTS) is 1. The Hall–Kier alpha value is -2.04. The van der Waals surface area contributed by atoms with Crippen LogP contribution in [0.3, 0.4) is 0 Å². The summed E-state index contributed by atoms with van der Waals surface area (Å²) in [6.07, 6.45) is -2.81. The van der Waals surface area contributed by atoms with Crippen molar-refractivity contribution in [2.24, 2.45) is 5.41 Å². The smallest absolute Gasteiger partial charge is 0.398 e. The van der Waals surface area contributed by atoms with Crippen molar-refractivity contribution in [3.63, 3.8) is 0 Å². The standard InChI is InChI=1S/C16H15F3O2/c1-2-15(16(17,18)19)9-8-12(13(10-15)14(20)21)11-6-4-3-5-7-11/h3-9H,2,10H2,1H3,(H,20,21). The Labute approximate surface area is 120 Å². The molecule has 1 aromatic carbocycles. The summed E-state index contributed by atoms with van der Waals surface area (Å²) in [5, 5.41) is 9.30. The molecule has 0 saturated heterocycles. The van der Waals surface area contributed by atoms with Crippen LogP contribution < -0.4 is 0 Å². The second kappa shape index (κ2) is 5.39. The number of carbonyl (C=O) groups is 1. The molecule has 112 valence electrons. The van der Waals surface area contributed by atoms with Gasteiger partial charge in [-0.3, -0.25) is 0 Å². The minimum absolute atomic E-state index is 0.189. The van der Waals surface area contributed by atoms with Crippen LogP contribution >= 0.6 is 0 Å². The van der Waals surface area contributed by atoms with Gasteiger partial charge in [0.2, 0.25) is 0 Å². The number of allylic oxidation sites excluding steroid dienone is 3. The first-order valence-corrected chi connectivity index (χ1v) is 6.58. The van der Waals surface area contributed by atoms with Gasteiger partial charge in [-0.2, -0.15) is 13.2 Å². The van der Waals surface area contributed by atoms with Crippen LogP contribution in [0.4, 0.5) is 13.2 Å². The SMILES string of the molecule is CCC1(C(F)(F)F)C=CC(c2ccccc2)=C(C(=O)O)C1. The fourth-order valence-electron chi connectivity index (χ4n) is 2.53. The minimum Gasteiger partial charge on any atom is -0.478 e. The van der Waals surface area contributed by atoms with Gasteiger partial charge in [-0.1, -0.05) is 49.4 Å². The number of benzene rings is 1. The van der Waals surface area contributed by atoms with E-state index in [1.165, 1.54) is 13.0 Å². The van der Waals surface area contributed by atoms with Crippen LogP contribution in [-0.4, -0.2) is 17.3 Å². The number of carboxylic acids is 1. The summed E-state index contributed by atoms with van der Waals surface area (Å²) in [5.41, 5.74) is -1.34. The number of halogens is 3. The molecule has 1 atom stereocenters. The summed E-state index contributed by atoms with van der Waals surface area (Å²) in [5.74, 6) is -1.31. The molecule has 1 aliphatic rings. The molecule has 0 fully saturated rings. The van der Waals surface area contributed by atoms with Gasteiger partial charge in [-0.05, 0) is 24.0 Å². The summed E-state index contributed by atoms with van der Waals surface area (Å²) in [4.78, 5) is 11.4. The monoisotopic (exact) mass is 296 g/mol. The van der Waals surface area contributed by atoms with Crippen molar-refractivity contribution >= 4 is 11.5 Å². The van der Waals surface area contributed by atoms with E-state index in [0.717, 1.165) is 6.08 Å². The molecular weight excluding hydrogens is 281 g/mol. The predicted molar refractivity (Wildman–Crippen MR) is 73.5 cm³/mol. The average Bonchev–Trinajstić information content (AvgIpc) is 2.46. The third-order valence-electron chi connectivity index (χ3n) is 3.92. The highest BCUT2D eigenvalue weighted by Crippen LogP contribution is 2.50. The Morgan fingerprint density at radius 2 is 1.90 bits per heavy atom. The Balaban J connectivity index is 2.53. The molecule has 1 aromatic rings. The normalized spacial score (nSPS) is 22.5. The number of rotatable bonds is 3. The fourth-order valence-corrected chi connectivity index (χ4v) is 2.53. The summed E-state index contributed by atoms with van der Waals surface area (Å²) in [6.45, 7) is 1.42. The molecule has 21 heavy (non-hydrogen) atoms. The molecule has 0 aromatic heterocycles. The van der Waals surface area contributed by atoms with Gasteiger partial charge >= 0.3 is 12.1 Å². The number of hydrogen-bond donors (Lipinski definition) is 1. The largest absolute Gasteiger partial charge is 0.478 e. The van der Waals surface area contributed by atoms with E-state index in [4.69, 9.17) is 0 Å². The Morgan fingerprint density at radius 3 is 2.38 bits per heavy atom. The predicted octanol–water partition coefficient (Wildman–Crippen LogP) is 4.44. The van der Waals surface area contributed by atoms with Crippen LogP contribution in [0, 0.1) is 5.41 Å². The fraction of sp³-hybridized carbons (Fsp3) is 0.312. The van der Waals surface area contributed by atoms with Crippen molar-refractivity contribution in [2.75, 3.05) is 0 Å². The van der Waals surface area contributed by atoms with Crippen molar-refractivity contribution in [1.29, 1.82) is 0 Å². The molecule has 1 N–H and O–H groups in total. The number of hydrogen-bond acceptors (Lipinski definition) is 1. The van der Waals surface area contributed by atoms with E-state index in [1.807, 2.05) is 0 Å². The zero-order chi connectivity index (χ0) is 15.7. The molecule has 0 radical (unpaired) electrons. The number of aliphatic carboxylic acids is 1. The van der Waals surface area contributed by atoms with Gasteiger partial charge in [0, 0.05) is 5.57 Å². The Bertz CT molecular complexity index is 600. The molecule has 0 amide bonds. The molecule has 1 unspecified atom stereocenters. The van der Waals surface area contributed by atoms with Crippen LogP contribution in [0.25, 0.3) is 5.57 Å². The molecule has 0 heterocycles. The molecule has 0 spiro atoms. The molecule has 1 aliphatic carbocycles. The maximum atomic E-state index is 13.3. The first-order chi connectivity index (χ1) is 9.81. The van der Waals surface area contributed by atoms with Gasteiger partial charge in [0.25, 0.3) is 0 Å². The van der Waals surface area contributed by atoms with E-state index in [9.17, 15) is 23.1 Å². The molecule has 0 saturated carbocycles. The van der Waals surface area contributed by atoms with Crippen molar-refractivity contribution in [3.8, 4) is 0 Å². The Kier molecular flexibility index (Phi) is 3.94. The van der Waals surface area contributed by atoms with Crippen LogP contribution in [0.1, 0.15) is 25.3 Å². The van der Waals surface area contributed by atoms with Crippen molar-refractivity contribution in [1.82, 2.24) is 0 Å². The summed E-state index contributed by atoms with van der Waals surface area (Å²) >= 11 is 0. The van der Waals surface area contributed by atoms with Crippen molar-refractivity contribution in [2.45, 2.75) is 25.9 Å². The van der Waals surface area contributed by atoms with Gasteiger partial charge < -0.3 is 5.11 Å². The zero-order valence-electron chi connectivity index (χ0n) is 11.4. The van der Waals surface area contributed by atoms with Gasteiger partial charge in [-0.25, -0.2) is 4.79 Å². The second-order valence-corrected chi connectivity index (χ2v) is 5.08. The maximum absolute atomic E-state index is 13.3. The summed E-state index contributed by atoms with van der Waals surface area (Å²) in [7, 11) is 0. The molecule has 2 rings (SSSR count). The lowest BCUT2D eigenvalue weighted by Crippen LogP contribution is -2.38. The highest BCUT2D eigenvalue weighted by Gasteiger charge is 2.53. The van der Waals surface area contributed by atoms with Crippen LogP contribution in [0.15, 0.2) is 48.1 Å². The van der Waals surface area contributed by atoms with E-state index < -0.39 is 24.0 Å². The lowest BCUT2D eigenvalue weighted by molar-refractivity contribution is -0.207. The van der Waals surface area contributed by atoms with Crippen LogP contribution in [-0.2, 0) is 4.79 Å². The van der Waals surface area contributed by atoms with E-state index in [0.29, 0.717) is 11.1 Å². The third-order valence-corrected chi connectivity index (χ3v) is 3.92. The van der Waals surface area contributed by atoms with E-state index in [-0.39, 0.29) is 12.0 Å². The van der Waals surface area contributed by atoms with E-state index >= 15 is 0 Å². The summed E-state index contributed by atoms with van der Waals surface area (Å²) in [6, 6.07) is 8.59. The molecule has 0 aliphatic heterocycles.